The summed E-state index contributed by atoms with van der Waals surface area (Å²) in [6, 6.07) is 4.37. The number of rotatable bonds is 8. The van der Waals surface area contributed by atoms with E-state index in [0.717, 1.165) is 18.7 Å². The first-order valence-corrected chi connectivity index (χ1v) is 7.44. The summed E-state index contributed by atoms with van der Waals surface area (Å²) in [6.45, 7) is 1.32. The molecule has 5 heteroatoms. The van der Waals surface area contributed by atoms with Crippen LogP contribution >= 0.6 is 11.8 Å². The number of aromatic hydroxyl groups is 2. The lowest BCUT2D eigenvalue weighted by Gasteiger charge is -2.12. The zero-order valence-electron chi connectivity index (χ0n) is 10.6. The van der Waals surface area contributed by atoms with Gasteiger partial charge >= 0.3 is 0 Å². The monoisotopic (exact) mass is 271 g/mol. The molecule has 4 nitrogen and oxygen atoms in total. The van der Waals surface area contributed by atoms with Gasteiger partial charge in [0.25, 0.3) is 0 Å². The number of benzene rings is 1. The van der Waals surface area contributed by atoms with Crippen molar-refractivity contribution >= 4 is 11.8 Å². The van der Waals surface area contributed by atoms with Crippen LogP contribution in [0.25, 0.3) is 0 Å². The molecule has 102 valence electrons. The van der Waals surface area contributed by atoms with Crippen LogP contribution in [0.1, 0.15) is 24.5 Å². The molecule has 0 aromatic heterocycles. The summed E-state index contributed by atoms with van der Waals surface area (Å²) in [4.78, 5) is 0. The van der Waals surface area contributed by atoms with Gasteiger partial charge in [0.15, 0.2) is 11.5 Å². The quantitative estimate of drug-likeness (QED) is 0.429. The van der Waals surface area contributed by atoms with Crippen molar-refractivity contribution in [1.82, 2.24) is 5.32 Å². The molecule has 1 atom stereocenters. The lowest BCUT2D eigenvalue weighted by molar-refractivity contribution is 0.174. The molecule has 0 aliphatic carbocycles. The van der Waals surface area contributed by atoms with Gasteiger partial charge in [0.2, 0.25) is 0 Å². The Morgan fingerprint density at radius 3 is 2.67 bits per heavy atom. The number of phenolic OH excluding ortho intramolecular Hbond substituents is 2. The number of hydrogen-bond acceptors (Lipinski definition) is 5. The van der Waals surface area contributed by atoms with Crippen LogP contribution in [-0.4, -0.2) is 40.4 Å². The van der Waals surface area contributed by atoms with Crippen molar-refractivity contribution in [2.75, 3.05) is 25.1 Å². The number of thioether (sulfide) groups is 1. The van der Waals surface area contributed by atoms with E-state index in [-0.39, 0.29) is 11.5 Å². The third-order valence-corrected chi connectivity index (χ3v) is 3.37. The smallest absolute Gasteiger partial charge is 0.157 e. The number of unbranched alkanes of at least 4 members (excludes halogenated alkanes) is 1. The average molecular weight is 271 g/mol. The largest absolute Gasteiger partial charge is 0.504 e. The van der Waals surface area contributed by atoms with E-state index in [1.165, 1.54) is 18.6 Å². The summed E-state index contributed by atoms with van der Waals surface area (Å²) in [6.07, 6.45) is 3.68. The molecule has 4 N–H and O–H groups in total. The van der Waals surface area contributed by atoms with Crippen LogP contribution in [0.4, 0.5) is 0 Å². The Kier molecular flexibility index (Phi) is 6.93. The number of aliphatic hydroxyl groups excluding tert-OH is 1. The van der Waals surface area contributed by atoms with Gasteiger partial charge < -0.3 is 20.6 Å². The van der Waals surface area contributed by atoms with Gasteiger partial charge in [-0.1, -0.05) is 6.07 Å². The fourth-order valence-corrected chi connectivity index (χ4v) is 2.09. The van der Waals surface area contributed by atoms with E-state index >= 15 is 0 Å². The van der Waals surface area contributed by atoms with Crippen molar-refractivity contribution in [3.05, 3.63) is 23.8 Å². The van der Waals surface area contributed by atoms with Crippen molar-refractivity contribution in [2.24, 2.45) is 0 Å². The maximum absolute atomic E-state index is 9.88. The highest BCUT2D eigenvalue weighted by molar-refractivity contribution is 7.98. The topological polar surface area (TPSA) is 72.7 Å². The Labute approximate surface area is 112 Å². The first-order valence-electron chi connectivity index (χ1n) is 6.04. The van der Waals surface area contributed by atoms with Crippen molar-refractivity contribution < 1.29 is 15.3 Å². The van der Waals surface area contributed by atoms with Crippen LogP contribution in [0, 0.1) is 0 Å². The molecule has 1 aromatic carbocycles. The number of phenols is 2. The SMILES string of the molecule is CSCCCCNCC(O)c1ccc(O)c(O)c1. The van der Waals surface area contributed by atoms with Gasteiger partial charge in [-0.25, -0.2) is 0 Å². The Morgan fingerprint density at radius 1 is 1.22 bits per heavy atom. The van der Waals surface area contributed by atoms with E-state index in [2.05, 4.69) is 11.6 Å². The van der Waals surface area contributed by atoms with Crippen LogP contribution in [0.5, 0.6) is 11.5 Å². The van der Waals surface area contributed by atoms with E-state index < -0.39 is 6.10 Å². The van der Waals surface area contributed by atoms with Gasteiger partial charge in [-0.05, 0) is 49.1 Å². The van der Waals surface area contributed by atoms with Gasteiger partial charge in [0, 0.05) is 6.54 Å². The van der Waals surface area contributed by atoms with Crippen molar-refractivity contribution in [3.8, 4) is 11.5 Å². The second-order valence-corrected chi connectivity index (χ2v) is 5.15. The summed E-state index contributed by atoms with van der Waals surface area (Å²) in [7, 11) is 0. The zero-order valence-corrected chi connectivity index (χ0v) is 11.4. The fraction of sp³-hybridized carbons (Fsp3) is 0.538. The lowest BCUT2D eigenvalue weighted by Crippen LogP contribution is -2.22. The van der Waals surface area contributed by atoms with Crippen LogP contribution in [0.15, 0.2) is 18.2 Å². The van der Waals surface area contributed by atoms with E-state index in [4.69, 9.17) is 0 Å². The predicted octanol–water partition coefficient (Wildman–Crippen LogP) is 1.86. The molecule has 18 heavy (non-hydrogen) atoms. The summed E-state index contributed by atoms with van der Waals surface area (Å²) in [5.41, 5.74) is 0.599. The third kappa shape index (κ3) is 5.16. The maximum atomic E-state index is 9.88. The summed E-state index contributed by atoms with van der Waals surface area (Å²) in [5, 5.41) is 31.6. The van der Waals surface area contributed by atoms with Gasteiger partial charge in [-0.2, -0.15) is 11.8 Å². The molecule has 0 radical (unpaired) electrons. The molecule has 0 aliphatic rings. The number of aliphatic hydroxyl groups is 1. The molecule has 1 aromatic rings. The van der Waals surface area contributed by atoms with Gasteiger partial charge in [0.1, 0.15) is 0 Å². The first kappa shape index (κ1) is 15.1. The Balaban J connectivity index is 2.27. The molecule has 1 rings (SSSR count). The second-order valence-electron chi connectivity index (χ2n) is 4.17. The molecule has 1 unspecified atom stereocenters. The molecule has 0 amide bonds. The molecule has 0 bridgehead atoms. The average Bonchev–Trinajstić information content (AvgIpc) is 2.36. The molecule has 0 saturated carbocycles. The highest BCUT2D eigenvalue weighted by atomic mass is 32.2. The minimum atomic E-state index is -0.669. The highest BCUT2D eigenvalue weighted by Gasteiger charge is 2.09. The zero-order chi connectivity index (χ0) is 13.4. The molecule has 0 spiro atoms. The standard InChI is InChI=1S/C13H21NO3S/c1-18-7-3-2-6-14-9-13(17)10-4-5-11(15)12(16)8-10/h4-5,8,13-17H,2-3,6-7,9H2,1H3. The Hall–Kier alpha value is -0.910. The van der Waals surface area contributed by atoms with Crippen LogP contribution in [0.3, 0.4) is 0 Å². The van der Waals surface area contributed by atoms with E-state index in [0.29, 0.717) is 12.1 Å². The molecular formula is C13H21NO3S. The van der Waals surface area contributed by atoms with Crippen molar-refractivity contribution in [1.29, 1.82) is 0 Å². The van der Waals surface area contributed by atoms with Crippen LogP contribution in [-0.2, 0) is 0 Å². The van der Waals surface area contributed by atoms with Crippen molar-refractivity contribution in [3.63, 3.8) is 0 Å². The molecule has 0 fully saturated rings. The van der Waals surface area contributed by atoms with Gasteiger partial charge in [-0.3, -0.25) is 0 Å². The van der Waals surface area contributed by atoms with Gasteiger partial charge in [-0.15, -0.1) is 0 Å². The van der Waals surface area contributed by atoms with E-state index in [1.807, 2.05) is 11.8 Å². The molecule has 0 saturated heterocycles. The maximum Gasteiger partial charge on any atom is 0.157 e. The van der Waals surface area contributed by atoms with E-state index in [1.54, 1.807) is 6.07 Å². The second kappa shape index (κ2) is 8.24. The van der Waals surface area contributed by atoms with Crippen LogP contribution < -0.4 is 5.32 Å². The molecule has 0 heterocycles. The predicted molar refractivity (Wildman–Crippen MR) is 75.2 cm³/mol. The molecular weight excluding hydrogens is 250 g/mol. The van der Waals surface area contributed by atoms with Gasteiger partial charge in [0.05, 0.1) is 6.10 Å². The minimum absolute atomic E-state index is 0.170. The summed E-state index contributed by atoms with van der Waals surface area (Å²) in [5.74, 6) is 0.790. The Bertz CT molecular complexity index is 360. The van der Waals surface area contributed by atoms with Crippen molar-refractivity contribution in [2.45, 2.75) is 18.9 Å². The summed E-state index contributed by atoms with van der Waals surface area (Å²) < 4.78 is 0. The highest BCUT2D eigenvalue weighted by Crippen LogP contribution is 2.27. The lowest BCUT2D eigenvalue weighted by atomic mass is 10.1. The van der Waals surface area contributed by atoms with Crippen LogP contribution in [0.2, 0.25) is 0 Å². The third-order valence-electron chi connectivity index (χ3n) is 2.67. The Morgan fingerprint density at radius 2 is 2.00 bits per heavy atom. The summed E-state index contributed by atoms with van der Waals surface area (Å²) >= 11 is 1.84. The number of hydrogen-bond donors (Lipinski definition) is 4. The minimum Gasteiger partial charge on any atom is -0.504 e. The fourth-order valence-electron chi connectivity index (χ4n) is 1.60. The number of nitrogens with one attached hydrogen (secondary N) is 1. The normalized spacial score (nSPS) is 12.6. The van der Waals surface area contributed by atoms with E-state index in [9.17, 15) is 15.3 Å². The molecule has 0 aliphatic heterocycles. The first-order chi connectivity index (χ1) is 8.65.